The van der Waals surface area contributed by atoms with Crippen LogP contribution in [0.2, 0.25) is 0 Å². The second-order valence-electron chi connectivity index (χ2n) is 6.92. The molecule has 0 fully saturated rings. The first kappa shape index (κ1) is 19.6. The van der Waals surface area contributed by atoms with Crippen LogP contribution >= 0.6 is 0 Å². The molecule has 0 amide bonds. The Labute approximate surface area is 151 Å². The molecule has 1 heterocycles. The fourth-order valence-corrected chi connectivity index (χ4v) is 2.61. The standard InChI is InChI=1S/C18H24N4O4/c1-11(2)9-19-10-15(23)16-17(12(3)4)20-21(18(16)24)13-5-7-14(8-6-13)22(25)26/h5-8,11-12,19-20H,9-10H2,1-4H3. The summed E-state index contributed by atoms with van der Waals surface area (Å²) < 4.78 is 1.26. The molecule has 26 heavy (non-hydrogen) atoms. The van der Waals surface area contributed by atoms with Crippen LogP contribution in [-0.2, 0) is 0 Å². The average molecular weight is 360 g/mol. The van der Waals surface area contributed by atoms with Crippen molar-refractivity contribution >= 4 is 11.5 Å². The van der Waals surface area contributed by atoms with E-state index in [9.17, 15) is 19.7 Å². The van der Waals surface area contributed by atoms with Crippen molar-refractivity contribution in [1.82, 2.24) is 15.1 Å². The van der Waals surface area contributed by atoms with Crippen LogP contribution in [0.4, 0.5) is 5.69 Å². The second kappa shape index (κ2) is 8.09. The molecule has 0 spiro atoms. The molecule has 1 aromatic heterocycles. The number of nitrogens with zero attached hydrogens (tertiary/aromatic N) is 2. The molecule has 0 atom stereocenters. The zero-order chi connectivity index (χ0) is 19.4. The molecule has 2 N–H and O–H groups in total. The van der Waals surface area contributed by atoms with Gasteiger partial charge in [0.2, 0.25) is 0 Å². The molecular formula is C18H24N4O4. The summed E-state index contributed by atoms with van der Waals surface area (Å²) in [5.41, 5.74) is 0.626. The van der Waals surface area contributed by atoms with E-state index in [4.69, 9.17) is 0 Å². The zero-order valence-corrected chi connectivity index (χ0v) is 15.4. The molecule has 2 rings (SSSR count). The summed E-state index contributed by atoms with van der Waals surface area (Å²) in [6.07, 6.45) is 0. The summed E-state index contributed by atoms with van der Waals surface area (Å²) in [6.45, 7) is 8.63. The van der Waals surface area contributed by atoms with Crippen LogP contribution in [0.5, 0.6) is 0 Å². The summed E-state index contributed by atoms with van der Waals surface area (Å²) in [4.78, 5) is 35.7. The SMILES string of the molecule is CC(C)CNCC(=O)c1c(C(C)C)[nH]n(-c2ccc([N+](=O)[O-])cc2)c1=O. The molecule has 0 saturated carbocycles. The van der Waals surface area contributed by atoms with Gasteiger partial charge in [0.15, 0.2) is 5.78 Å². The fraction of sp³-hybridized carbons (Fsp3) is 0.444. The lowest BCUT2D eigenvalue weighted by Crippen LogP contribution is -2.30. The monoisotopic (exact) mass is 360 g/mol. The van der Waals surface area contributed by atoms with Crippen LogP contribution < -0.4 is 10.9 Å². The third-order valence-electron chi connectivity index (χ3n) is 3.93. The molecule has 0 aliphatic rings. The summed E-state index contributed by atoms with van der Waals surface area (Å²) >= 11 is 0. The number of non-ortho nitro benzene ring substituents is 1. The molecule has 0 unspecified atom stereocenters. The van der Waals surface area contributed by atoms with Gasteiger partial charge >= 0.3 is 0 Å². The number of carbonyl (C=O) groups is 1. The number of ketones is 1. The minimum atomic E-state index is -0.504. The molecule has 1 aromatic carbocycles. The van der Waals surface area contributed by atoms with E-state index in [1.54, 1.807) is 0 Å². The van der Waals surface area contributed by atoms with E-state index >= 15 is 0 Å². The first-order valence-electron chi connectivity index (χ1n) is 8.56. The van der Waals surface area contributed by atoms with Gasteiger partial charge in [0.05, 0.1) is 22.8 Å². The number of carbonyl (C=O) groups excluding carboxylic acids is 1. The third kappa shape index (κ3) is 4.26. The Bertz CT molecular complexity index is 847. The van der Waals surface area contributed by atoms with Gasteiger partial charge < -0.3 is 5.32 Å². The second-order valence-corrected chi connectivity index (χ2v) is 6.92. The summed E-state index contributed by atoms with van der Waals surface area (Å²) in [6, 6.07) is 5.60. The molecule has 0 radical (unpaired) electrons. The Balaban J connectivity index is 2.39. The van der Waals surface area contributed by atoms with E-state index in [0.29, 0.717) is 23.8 Å². The minimum Gasteiger partial charge on any atom is -0.309 e. The van der Waals surface area contributed by atoms with E-state index in [2.05, 4.69) is 10.4 Å². The number of nitrogens with one attached hydrogen (secondary N) is 2. The first-order valence-corrected chi connectivity index (χ1v) is 8.56. The summed E-state index contributed by atoms with van der Waals surface area (Å²) in [5, 5.41) is 16.8. The van der Waals surface area contributed by atoms with E-state index in [1.165, 1.54) is 28.9 Å². The van der Waals surface area contributed by atoms with Crippen molar-refractivity contribution in [1.29, 1.82) is 0 Å². The number of rotatable bonds is 8. The Kier molecular flexibility index (Phi) is 6.10. The van der Waals surface area contributed by atoms with Crippen molar-refractivity contribution in [2.75, 3.05) is 13.1 Å². The first-order chi connectivity index (χ1) is 12.2. The van der Waals surface area contributed by atoms with Crippen molar-refractivity contribution < 1.29 is 9.72 Å². The van der Waals surface area contributed by atoms with Crippen LogP contribution in [0.1, 0.15) is 49.7 Å². The predicted octanol–water partition coefficient (Wildman–Crippen LogP) is 2.63. The molecule has 8 heteroatoms. The van der Waals surface area contributed by atoms with Gasteiger partial charge in [-0.25, -0.2) is 4.68 Å². The van der Waals surface area contributed by atoms with Crippen molar-refractivity contribution in [3.63, 3.8) is 0 Å². The molecule has 0 bridgehead atoms. The van der Waals surface area contributed by atoms with Crippen molar-refractivity contribution in [3.05, 3.63) is 56.0 Å². The van der Waals surface area contributed by atoms with Gasteiger partial charge in [-0.05, 0) is 30.5 Å². The highest BCUT2D eigenvalue weighted by atomic mass is 16.6. The zero-order valence-electron chi connectivity index (χ0n) is 15.4. The fourth-order valence-electron chi connectivity index (χ4n) is 2.61. The Hall–Kier alpha value is -2.74. The van der Waals surface area contributed by atoms with Crippen LogP contribution in [0.25, 0.3) is 5.69 Å². The lowest BCUT2D eigenvalue weighted by molar-refractivity contribution is -0.384. The predicted molar refractivity (Wildman–Crippen MR) is 99.2 cm³/mol. The smallest absolute Gasteiger partial charge is 0.282 e. The normalized spacial score (nSPS) is 11.3. The highest BCUT2D eigenvalue weighted by molar-refractivity contribution is 5.98. The summed E-state index contributed by atoms with van der Waals surface area (Å²) in [5.74, 6) is 0.0812. The highest BCUT2D eigenvalue weighted by Crippen LogP contribution is 2.18. The molecule has 2 aromatic rings. The van der Waals surface area contributed by atoms with E-state index < -0.39 is 10.5 Å². The number of Topliss-reactive ketones (excluding diaryl/α,β-unsaturated/α-hetero) is 1. The Morgan fingerprint density at radius 1 is 1.23 bits per heavy atom. The van der Waals surface area contributed by atoms with Gasteiger partial charge in [0.1, 0.15) is 5.56 Å². The topological polar surface area (TPSA) is 110 Å². The number of aromatic amines is 1. The largest absolute Gasteiger partial charge is 0.309 e. The summed E-state index contributed by atoms with van der Waals surface area (Å²) in [7, 11) is 0. The van der Waals surface area contributed by atoms with Gasteiger partial charge in [0.25, 0.3) is 11.2 Å². The van der Waals surface area contributed by atoms with Gasteiger partial charge in [-0.1, -0.05) is 27.7 Å². The third-order valence-corrected chi connectivity index (χ3v) is 3.93. The lowest BCUT2D eigenvalue weighted by Gasteiger charge is -2.07. The van der Waals surface area contributed by atoms with Crippen molar-refractivity contribution in [2.24, 2.45) is 5.92 Å². The molecule has 0 aliphatic heterocycles. The Morgan fingerprint density at radius 2 is 1.85 bits per heavy atom. The number of hydrogen-bond acceptors (Lipinski definition) is 5. The maximum atomic E-state index is 12.8. The highest BCUT2D eigenvalue weighted by Gasteiger charge is 2.23. The van der Waals surface area contributed by atoms with E-state index in [-0.39, 0.29) is 29.5 Å². The minimum absolute atomic E-state index is 0.0500. The molecular weight excluding hydrogens is 336 g/mol. The average Bonchev–Trinajstić information content (AvgIpc) is 2.92. The van der Waals surface area contributed by atoms with Gasteiger partial charge in [-0.3, -0.25) is 24.8 Å². The number of H-pyrrole nitrogens is 1. The molecule has 0 aliphatic carbocycles. The van der Waals surface area contributed by atoms with Crippen molar-refractivity contribution in [3.8, 4) is 5.69 Å². The van der Waals surface area contributed by atoms with Crippen LogP contribution in [0.3, 0.4) is 0 Å². The van der Waals surface area contributed by atoms with E-state index in [0.717, 1.165) is 0 Å². The van der Waals surface area contributed by atoms with Gasteiger partial charge in [0, 0.05) is 12.1 Å². The van der Waals surface area contributed by atoms with E-state index in [1.807, 2.05) is 27.7 Å². The van der Waals surface area contributed by atoms with Crippen molar-refractivity contribution in [2.45, 2.75) is 33.6 Å². The lowest BCUT2D eigenvalue weighted by atomic mass is 10.0. The number of benzene rings is 1. The molecule has 8 nitrogen and oxygen atoms in total. The number of nitro groups is 1. The molecule has 140 valence electrons. The Morgan fingerprint density at radius 3 is 2.35 bits per heavy atom. The number of hydrogen-bond donors (Lipinski definition) is 2. The van der Waals surface area contributed by atoms with Crippen LogP contribution in [0.15, 0.2) is 29.1 Å². The van der Waals surface area contributed by atoms with Crippen LogP contribution in [-0.4, -0.2) is 33.6 Å². The van der Waals surface area contributed by atoms with Crippen LogP contribution in [0, 0.1) is 16.0 Å². The molecule has 0 saturated heterocycles. The van der Waals surface area contributed by atoms with Gasteiger partial charge in [-0.15, -0.1) is 0 Å². The van der Waals surface area contributed by atoms with Gasteiger partial charge in [-0.2, -0.15) is 0 Å². The number of aromatic nitrogens is 2. The quantitative estimate of drug-likeness (QED) is 0.427. The maximum Gasteiger partial charge on any atom is 0.282 e. The number of nitro benzene ring substituents is 1. The maximum absolute atomic E-state index is 12.8.